The molecule has 106 valence electrons. The third-order valence-electron chi connectivity index (χ3n) is 2.32. The highest BCUT2D eigenvalue weighted by atomic mass is 79.9. The highest BCUT2D eigenvalue weighted by molar-refractivity contribution is 9.10. The van der Waals surface area contributed by atoms with Crippen LogP contribution in [0.15, 0.2) is 33.9 Å². The van der Waals surface area contributed by atoms with Crippen LogP contribution in [0.4, 0.5) is 5.95 Å². The average Bonchev–Trinajstić information content (AvgIpc) is 2.80. The van der Waals surface area contributed by atoms with Crippen LogP contribution >= 0.6 is 15.9 Å². The Balaban J connectivity index is 2.19. The lowest BCUT2D eigenvalue weighted by atomic mass is 10.2. The van der Waals surface area contributed by atoms with Gasteiger partial charge in [-0.25, -0.2) is 13.5 Å². The quantitative estimate of drug-likeness (QED) is 0.861. The largest absolute Gasteiger partial charge is 0.293 e. The fourth-order valence-electron chi connectivity index (χ4n) is 1.47. The van der Waals surface area contributed by atoms with Crippen molar-refractivity contribution in [3.8, 4) is 0 Å². The van der Waals surface area contributed by atoms with Gasteiger partial charge in [-0.05, 0) is 17.7 Å². The fraction of sp³-hybridized carbons (Fsp3) is 0.182. The van der Waals surface area contributed by atoms with Gasteiger partial charge in [-0.3, -0.25) is 10.1 Å². The number of hydrogen-bond acceptors (Lipinski definition) is 5. The SMILES string of the molecule is CC(=O)Nc1n[nH]c(S(=O)(=O)Cc2ccc(Br)cc2)n1. The third kappa shape index (κ3) is 3.64. The van der Waals surface area contributed by atoms with Crippen molar-refractivity contribution < 1.29 is 13.2 Å². The fourth-order valence-corrected chi connectivity index (χ4v) is 2.91. The van der Waals surface area contributed by atoms with E-state index in [0.717, 1.165) is 4.47 Å². The van der Waals surface area contributed by atoms with E-state index in [1.54, 1.807) is 24.3 Å². The van der Waals surface area contributed by atoms with Crippen molar-refractivity contribution in [2.75, 3.05) is 5.32 Å². The van der Waals surface area contributed by atoms with E-state index < -0.39 is 9.84 Å². The van der Waals surface area contributed by atoms with Crippen LogP contribution in [0.2, 0.25) is 0 Å². The summed E-state index contributed by atoms with van der Waals surface area (Å²) in [5, 5.41) is 7.97. The van der Waals surface area contributed by atoms with Crippen molar-refractivity contribution >= 4 is 37.6 Å². The molecule has 0 fully saturated rings. The van der Waals surface area contributed by atoms with Crippen LogP contribution < -0.4 is 5.32 Å². The Hall–Kier alpha value is -1.74. The molecule has 9 heteroatoms. The van der Waals surface area contributed by atoms with Gasteiger partial charge in [-0.2, -0.15) is 4.98 Å². The van der Waals surface area contributed by atoms with E-state index in [1.165, 1.54) is 6.92 Å². The summed E-state index contributed by atoms with van der Waals surface area (Å²) in [6.45, 7) is 1.28. The Morgan fingerprint density at radius 2 is 2.00 bits per heavy atom. The maximum Gasteiger partial charge on any atom is 0.249 e. The summed E-state index contributed by atoms with van der Waals surface area (Å²) in [6, 6.07) is 6.92. The second-order valence-electron chi connectivity index (χ2n) is 4.03. The molecule has 2 N–H and O–H groups in total. The minimum absolute atomic E-state index is 0.0631. The van der Waals surface area contributed by atoms with E-state index in [-0.39, 0.29) is 22.8 Å². The molecule has 1 aromatic carbocycles. The van der Waals surface area contributed by atoms with Crippen molar-refractivity contribution in [1.29, 1.82) is 0 Å². The molecule has 0 bridgehead atoms. The van der Waals surface area contributed by atoms with Crippen molar-refractivity contribution in [2.45, 2.75) is 17.8 Å². The summed E-state index contributed by atoms with van der Waals surface area (Å²) in [7, 11) is -3.64. The number of nitrogens with one attached hydrogen (secondary N) is 2. The smallest absolute Gasteiger partial charge is 0.249 e. The van der Waals surface area contributed by atoms with Crippen LogP contribution in [-0.4, -0.2) is 29.5 Å². The maximum absolute atomic E-state index is 12.1. The summed E-state index contributed by atoms with van der Waals surface area (Å²) in [5.74, 6) is -0.637. The number of aromatic nitrogens is 3. The molecule has 0 aliphatic heterocycles. The van der Waals surface area contributed by atoms with Gasteiger partial charge in [0.15, 0.2) is 0 Å². The van der Waals surface area contributed by atoms with Gasteiger partial charge in [-0.1, -0.05) is 28.1 Å². The van der Waals surface area contributed by atoms with Crippen molar-refractivity contribution in [3.05, 3.63) is 34.3 Å². The number of halogens is 1. The lowest BCUT2D eigenvalue weighted by molar-refractivity contribution is -0.114. The van der Waals surface area contributed by atoms with Gasteiger partial charge in [0.1, 0.15) is 0 Å². The number of sulfone groups is 1. The van der Waals surface area contributed by atoms with E-state index >= 15 is 0 Å². The highest BCUT2D eigenvalue weighted by Crippen LogP contribution is 2.16. The molecule has 1 amide bonds. The molecule has 0 aliphatic rings. The predicted molar refractivity (Wildman–Crippen MR) is 75.7 cm³/mol. The number of carbonyl (C=O) groups excluding carboxylic acids is 1. The van der Waals surface area contributed by atoms with Crippen LogP contribution in [0.3, 0.4) is 0 Å². The molecule has 0 aliphatic carbocycles. The average molecular weight is 359 g/mol. The number of anilines is 1. The number of benzene rings is 1. The molecule has 20 heavy (non-hydrogen) atoms. The summed E-state index contributed by atoms with van der Waals surface area (Å²) < 4.78 is 25.1. The monoisotopic (exact) mass is 358 g/mol. The molecule has 0 radical (unpaired) electrons. The molecule has 0 unspecified atom stereocenters. The molecule has 0 saturated heterocycles. The summed E-state index contributed by atoms with van der Waals surface area (Å²) >= 11 is 3.28. The number of carbonyl (C=O) groups is 1. The molecule has 1 aromatic heterocycles. The number of nitrogens with zero attached hydrogens (tertiary/aromatic N) is 2. The summed E-state index contributed by atoms with van der Waals surface area (Å²) in [6.07, 6.45) is 0. The molecular formula is C11H11BrN4O3S. The van der Waals surface area contributed by atoms with Crippen LogP contribution in [-0.2, 0) is 20.4 Å². The molecular weight excluding hydrogens is 348 g/mol. The Morgan fingerprint density at radius 3 is 2.60 bits per heavy atom. The van der Waals surface area contributed by atoms with Gasteiger partial charge in [0.2, 0.25) is 26.8 Å². The van der Waals surface area contributed by atoms with E-state index in [9.17, 15) is 13.2 Å². The molecule has 7 nitrogen and oxygen atoms in total. The minimum Gasteiger partial charge on any atom is -0.293 e. The molecule has 1 heterocycles. The van der Waals surface area contributed by atoms with Gasteiger partial charge in [0, 0.05) is 11.4 Å². The van der Waals surface area contributed by atoms with E-state index in [1.807, 2.05) is 0 Å². The number of aromatic amines is 1. The lowest BCUT2D eigenvalue weighted by Gasteiger charge is -2.01. The Morgan fingerprint density at radius 1 is 1.35 bits per heavy atom. The zero-order valence-electron chi connectivity index (χ0n) is 10.4. The van der Waals surface area contributed by atoms with Gasteiger partial charge in [0.25, 0.3) is 0 Å². The number of amides is 1. The first-order valence-corrected chi connectivity index (χ1v) is 7.98. The molecule has 2 aromatic rings. The zero-order valence-corrected chi connectivity index (χ0v) is 12.8. The van der Waals surface area contributed by atoms with Gasteiger partial charge in [0.05, 0.1) is 5.75 Å². The lowest BCUT2D eigenvalue weighted by Crippen LogP contribution is -2.09. The van der Waals surface area contributed by atoms with Crippen LogP contribution in [0.5, 0.6) is 0 Å². The first kappa shape index (κ1) is 14.7. The van der Waals surface area contributed by atoms with Crippen LogP contribution in [0.25, 0.3) is 0 Å². The van der Waals surface area contributed by atoms with E-state index in [2.05, 4.69) is 36.4 Å². The minimum atomic E-state index is -3.64. The van der Waals surface area contributed by atoms with Crippen molar-refractivity contribution in [2.24, 2.45) is 0 Å². The topological polar surface area (TPSA) is 105 Å². The predicted octanol–water partition coefficient (Wildman–Crippen LogP) is 1.50. The van der Waals surface area contributed by atoms with E-state index in [4.69, 9.17) is 0 Å². The number of H-pyrrole nitrogens is 1. The molecule has 0 saturated carbocycles. The number of rotatable bonds is 4. The summed E-state index contributed by atoms with van der Waals surface area (Å²) in [4.78, 5) is 14.6. The Labute approximate surface area is 123 Å². The molecule has 2 rings (SSSR count). The van der Waals surface area contributed by atoms with Gasteiger partial charge in [-0.15, -0.1) is 5.10 Å². The molecule has 0 spiro atoms. The maximum atomic E-state index is 12.1. The first-order valence-electron chi connectivity index (χ1n) is 5.54. The Kier molecular flexibility index (Phi) is 4.19. The third-order valence-corrected chi connectivity index (χ3v) is 4.33. The standard InChI is InChI=1S/C11H11BrN4O3S/c1-7(17)13-10-14-11(16-15-10)20(18,19)6-8-2-4-9(12)5-3-8/h2-5H,6H2,1H3,(H2,13,14,15,16,17). The van der Waals surface area contributed by atoms with Crippen LogP contribution in [0.1, 0.15) is 12.5 Å². The van der Waals surface area contributed by atoms with Crippen molar-refractivity contribution in [3.63, 3.8) is 0 Å². The molecule has 0 atom stereocenters. The Bertz CT molecular complexity index is 724. The van der Waals surface area contributed by atoms with Gasteiger partial charge >= 0.3 is 0 Å². The van der Waals surface area contributed by atoms with E-state index in [0.29, 0.717) is 5.56 Å². The normalized spacial score (nSPS) is 11.3. The van der Waals surface area contributed by atoms with Crippen molar-refractivity contribution in [1.82, 2.24) is 15.2 Å². The van der Waals surface area contributed by atoms with Gasteiger partial charge < -0.3 is 0 Å². The summed E-state index contributed by atoms with van der Waals surface area (Å²) in [5.41, 5.74) is 0.630. The first-order chi connectivity index (χ1) is 9.37. The highest BCUT2D eigenvalue weighted by Gasteiger charge is 2.20. The number of hydrogen-bond donors (Lipinski definition) is 2. The zero-order chi connectivity index (χ0) is 14.8. The second kappa shape index (κ2) is 5.71. The second-order valence-corrected chi connectivity index (χ2v) is 6.85. The van der Waals surface area contributed by atoms with Crippen LogP contribution in [0, 0.1) is 0 Å².